The molecule has 1 heterocycles. The molecule has 1 saturated heterocycles. The second kappa shape index (κ2) is 6.26. The third kappa shape index (κ3) is 3.82. The molecule has 1 atom stereocenters. The SMILES string of the molecule is CCc1ccc(NC(=O)CN2CCC(C)(C(=O)O)C2)cc1. The van der Waals surface area contributed by atoms with Gasteiger partial charge in [0.25, 0.3) is 0 Å². The first-order chi connectivity index (χ1) is 9.93. The molecule has 1 fully saturated rings. The van der Waals surface area contributed by atoms with E-state index < -0.39 is 11.4 Å². The minimum absolute atomic E-state index is 0.103. The van der Waals surface area contributed by atoms with E-state index in [-0.39, 0.29) is 12.5 Å². The zero-order valence-corrected chi connectivity index (χ0v) is 12.6. The highest BCUT2D eigenvalue weighted by atomic mass is 16.4. The van der Waals surface area contributed by atoms with E-state index in [4.69, 9.17) is 0 Å². The highest BCUT2D eigenvalue weighted by molar-refractivity contribution is 5.92. The third-order valence-electron chi connectivity index (χ3n) is 4.08. The Hall–Kier alpha value is -1.88. The molecular weight excluding hydrogens is 268 g/mol. The fourth-order valence-electron chi connectivity index (χ4n) is 2.59. The number of rotatable bonds is 5. The molecule has 1 unspecified atom stereocenters. The molecule has 5 heteroatoms. The third-order valence-corrected chi connectivity index (χ3v) is 4.08. The minimum atomic E-state index is -0.791. The maximum absolute atomic E-state index is 12.0. The molecule has 21 heavy (non-hydrogen) atoms. The van der Waals surface area contributed by atoms with Crippen molar-refractivity contribution in [3.8, 4) is 0 Å². The maximum atomic E-state index is 12.0. The van der Waals surface area contributed by atoms with Crippen LogP contribution in [0.4, 0.5) is 5.69 Å². The van der Waals surface area contributed by atoms with Crippen molar-refractivity contribution in [1.82, 2.24) is 4.90 Å². The van der Waals surface area contributed by atoms with Crippen LogP contribution in [-0.4, -0.2) is 41.5 Å². The Bertz CT molecular complexity index is 527. The molecule has 1 aromatic carbocycles. The standard InChI is InChI=1S/C16H22N2O3/c1-3-12-4-6-13(7-5-12)17-14(19)10-18-9-8-16(2,11-18)15(20)21/h4-7H,3,8-11H2,1-2H3,(H,17,19)(H,20,21). The van der Waals surface area contributed by atoms with Crippen LogP contribution in [0.1, 0.15) is 25.8 Å². The molecule has 1 aliphatic rings. The van der Waals surface area contributed by atoms with Gasteiger partial charge in [0.15, 0.2) is 0 Å². The zero-order chi connectivity index (χ0) is 15.5. The summed E-state index contributed by atoms with van der Waals surface area (Å²) >= 11 is 0. The topological polar surface area (TPSA) is 69.6 Å². The van der Waals surface area contributed by atoms with Crippen LogP contribution < -0.4 is 5.32 Å². The van der Waals surface area contributed by atoms with Gasteiger partial charge < -0.3 is 10.4 Å². The smallest absolute Gasteiger partial charge is 0.310 e. The number of carboxylic acid groups (broad SMARTS) is 1. The molecule has 0 spiro atoms. The number of aryl methyl sites for hydroxylation is 1. The first-order valence-corrected chi connectivity index (χ1v) is 7.27. The van der Waals surface area contributed by atoms with Crippen molar-refractivity contribution < 1.29 is 14.7 Å². The molecule has 0 aromatic heterocycles. The van der Waals surface area contributed by atoms with Crippen LogP contribution in [0.5, 0.6) is 0 Å². The van der Waals surface area contributed by atoms with Crippen LogP contribution in [0.25, 0.3) is 0 Å². The summed E-state index contributed by atoms with van der Waals surface area (Å²) in [6, 6.07) is 7.77. The van der Waals surface area contributed by atoms with Crippen LogP contribution in [0, 0.1) is 5.41 Å². The molecule has 114 valence electrons. The number of aliphatic carboxylic acids is 1. The van der Waals surface area contributed by atoms with Crippen molar-refractivity contribution in [2.45, 2.75) is 26.7 Å². The number of nitrogens with one attached hydrogen (secondary N) is 1. The van der Waals surface area contributed by atoms with E-state index in [9.17, 15) is 14.7 Å². The molecule has 2 rings (SSSR count). The molecule has 1 amide bonds. The summed E-state index contributed by atoms with van der Waals surface area (Å²) in [7, 11) is 0. The molecule has 2 N–H and O–H groups in total. The largest absolute Gasteiger partial charge is 0.481 e. The van der Waals surface area contributed by atoms with Gasteiger partial charge in [0.05, 0.1) is 12.0 Å². The molecule has 0 radical (unpaired) electrons. The lowest BCUT2D eigenvalue weighted by atomic mass is 9.90. The predicted molar refractivity (Wildman–Crippen MR) is 81.2 cm³/mol. The number of hydrogen-bond acceptors (Lipinski definition) is 3. The highest BCUT2D eigenvalue weighted by Crippen LogP contribution is 2.29. The number of carbonyl (C=O) groups is 2. The van der Waals surface area contributed by atoms with Gasteiger partial charge in [-0.05, 0) is 44.0 Å². The van der Waals surface area contributed by atoms with E-state index in [1.807, 2.05) is 29.2 Å². The first-order valence-electron chi connectivity index (χ1n) is 7.27. The number of hydrogen-bond donors (Lipinski definition) is 2. The summed E-state index contributed by atoms with van der Waals surface area (Å²) in [5.74, 6) is -0.894. The van der Waals surface area contributed by atoms with Crippen molar-refractivity contribution in [2.75, 3.05) is 25.0 Å². The number of benzene rings is 1. The molecule has 1 aromatic rings. The first kappa shape index (κ1) is 15.5. The average molecular weight is 290 g/mol. The number of amides is 1. The van der Waals surface area contributed by atoms with E-state index in [1.54, 1.807) is 6.92 Å². The highest BCUT2D eigenvalue weighted by Gasteiger charge is 2.40. The van der Waals surface area contributed by atoms with Crippen LogP contribution in [0.3, 0.4) is 0 Å². The fourth-order valence-corrected chi connectivity index (χ4v) is 2.59. The Kier molecular flexibility index (Phi) is 4.63. The Morgan fingerprint density at radius 3 is 2.52 bits per heavy atom. The summed E-state index contributed by atoms with van der Waals surface area (Å²) in [6.07, 6.45) is 1.55. The lowest BCUT2D eigenvalue weighted by molar-refractivity contribution is -0.147. The van der Waals surface area contributed by atoms with Gasteiger partial charge in [0.2, 0.25) is 5.91 Å². The Balaban J connectivity index is 1.86. The number of likely N-dealkylation sites (tertiary alicyclic amines) is 1. The molecule has 1 aliphatic heterocycles. The normalized spacial score (nSPS) is 22.2. The van der Waals surface area contributed by atoms with Crippen molar-refractivity contribution in [3.63, 3.8) is 0 Å². The number of carbonyl (C=O) groups excluding carboxylic acids is 1. The average Bonchev–Trinajstić information content (AvgIpc) is 2.82. The summed E-state index contributed by atoms with van der Waals surface area (Å²) in [5, 5.41) is 12.0. The van der Waals surface area contributed by atoms with E-state index in [0.717, 1.165) is 12.1 Å². The number of nitrogens with zero attached hydrogens (tertiary/aromatic N) is 1. The van der Waals surface area contributed by atoms with Crippen LogP contribution in [0.2, 0.25) is 0 Å². The Morgan fingerprint density at radius 1 is 1.33 bits per heavy atom. The van der Waals surface area contributed by atoms with Gasteiger partial charge >= 0.3 is 5.97 Å². The lowest BCUT2D eigenvalue weighted by Gasteiger charge is -2.19. The molecule has 0 bridgehead atoms. The molecule has 0 saturated carbocycles. The summed E-state index contributed by atoms with van der Waals surface area (Å²) < 4.78 is 0. The summed E-state index contributed by atoms with van der Waals surface area (Å²) in [4.78, 5) is 25.1. The fraction of sp³-hybridized carbons (Fsp3) is 0.500. The van der Waals surface area contributed by atoms with E-state index in [0.29, 0.717) is 19.5 Å². The van der Waals surface area contributed by atoms with Gasteiger partial charge in [0.1, 0.15) is 0 Å². The van der Waals surface area contributed by atoms with Gasteiger partial charge in [-0.15, -0.1) is 0 Å². The zero-order valence-electron chi connectivity index (χ0n) is 12.6. The second-order valence-electron chi connectivity index (χ2n) is 5.93. The monoisotopic (exact) mass is 290 g/mol. The second-order valence-corrected chi connectivity index (χ2v) is 5.93. The Morgan fingerprint density at radius 2 is 2.00 bits per heavy atom. The van der Waals surface area contributed by atoms with Crippen molar-refractivity contribution in [2.24, 2.45) is 5.41 Å². The predicted octanol–water partition coefficient (Wildman–Crippen LogP) is 1.98. The molecule has 0 aliphatic carbocycles. The quantitative estimate of drug-likeness (QED) is 0.870. The summed E-state index contributed by atoms with van der Waals surface area (Å²) in [6.45, 7) is 5.12. The van der Waals surface area contributed by atoms with Gasteiger partial charge in [-0.1, -0.05) is 19.1 Å². The molecular formula is C16H22N2O3. The van der Waals surface area contributed by atoms with Gasteiger partial charge in [-0.3, -0.25) is 14.5 Å². The van der Waals surface area contributed by atoms with Crippen molar-refractivity contribution >= 4 is 17.6 Å². The Labute approximate surface area is 125 Å². The van der Waals surface area contributed by atoms with Gasteiger partial charge in [0, 0.05) is 12.2 Å². The van der Waals surface area contributed by atoms with Crippen LogP contribution >= 0.6 is 0 Å². The van der Waals surface area contributed by atoms with Gasteiger partial charge in [-0.25, -0.2) is 0 Å². The van der Waals surface area contributed by atoms with Gasteiger partial charge in [-0.2, -0.15) is 0 Å². The van der Waals surface area contributed by atoms with Crippen molar-refractivity contribution in [3.05, 3.63) is 29.8 Å². The van der Waals surface area contributed by atoms with Crippen LogP contribution in [-0.2, 0) is 16.0 Å². The summed E-state index contributed by atoms with van der Waals surface area (Å²) in [5.41, 5.74) is 1.27. The van der Waals surface area contributed by atoms with Crippen LogP contribution in [0.15, 0.2) is 24.3 Å². The van der Waals surface area contributed by atoms with E-state index >= 15 is 0 Å². The maximum Gasteiger partial charge on any atom is 0.310 e. The lowest BCUT2D eigenvalue weighted by Crippen LogP contribution is -2.35. The minimum Gasteiger partial charge on any atom is -0.481 e. The van der Waals surface area contributed by atoms with E-state index in [2.05, 4.69) is 12.2 Å². The van der Waals surface area contributed by atoms with E-state index in [1.165, 1.54) is 5.56 Å². The molecule has 5 nitrogen and oxygen atoms in total. The van der Waals surface area contributed by atoms with Crippen molar-refractivity contribution in [1.29, 1.82) is 0 Å². The number of carboxylic acids is 1. The number of anilines is 1.